The van der Waals surface area contributed by atoms with Crippen LogP contribution in [0.25, 0.3) is 11.3 Å². The van der Waals surface area contributed by atoms with Crippen LogP contribution in [0.1, 0.15) is 5.56 Å². The molecule has 94 valence electrons. The predicted octanol–water partition coefficient (Wildman–Crippen LogP) is 4.11. The minimum absolute atomic E-state index is 0.313. The van der Waals surface area contributed by atoms with Crippen LogP contribution in [-0.4, -0.2) is 4.98 Å². The zero-order chi connectivity index (χ0) is 13.3. The van der Waals surface area contributed by atoms with Crippen molar-refractivity contribution >= 4 is 21.7 Å². The Balaban J connectivity index is 2.43. The second kappa shape index (κ2) is 4.61. The van der Waals surface area contributed by atoms with Crippen molar-refractivity contribution < 1.29 is 13.2 Å². The fourth-order valence-corrected chi connectivity index (χ4v) is 1.93. The van der Waals surface area contributed by atoms with Crippen molar-refractivity contribution in [3.8, 4) is 11.3 Å². The summed E-state index contributed by atoms with van der Waals surface area (Å²) in [7, 11) is 0. The SMILES string of the molecule is Nc1ccc(Br)c(-c2ccc(C(F)(F)F)cc2)n1. The molecule has 0 aliphatic carbocycles. The van der Waals surface area contributed by atoms with Gasteiger partial charge in [-0.3, -0.25) is 0 Å². The number of nitrogen functional groups attached to an aromatic ring is 1. The van der Waals surface area contributed by atoms with Gasteiger partial charge in [-0.05, 0) is 40.2 Å². The quantitative estimate of drug-likeness (QED) is 0.859. The Morgan fingerprint density at radius 3 is 2.17 bits per heavy atom. The molecule has 2 aromatic rings. The number of nitrogens with two attached hydrogens (primary N) is 1. The third-order valence-electron chi connectivity index (χ3n) is 2.35. The van der Waals surface area contributed by atoms with Gasteiger partial charge < -0.3 is 5.73 Å². The highest BCUT2D eigenvalue weighted by atomic mass is 79.9. The average molecular weight is 317 g/mol. The second-order valence-corrected chi connectivity index (χ2v) is 4.50. The maximum Gasteiger partial charge on any atom is 0.416 e. The molecule has 1 aromatic heterocycles. The topological polar surface area (TPSA) is 38.9 Å². The van der Waals surface area contributed by atoms with E-state index < -0.39 is 11.7 Å². The van der Waals surface area contributed by atoms with E-state index in [9.17, 15) is 13.2 Å². The molecule has 0 saturated heterocycles. The third-order valence-corrected chi connectivity index (χ3v) is 2.99. The van der Waals surface area contributed by atoms with E-state index in [1.165, 1.54) is 12.1 Å². The van der Waals surface area contributed by atoms with Crippen molar-refractivity contribution in [3.05, 3.63) is 46.4 Å². The summed E-state index contributed by atoms with van der Waals surface area (Å²) < 4.78 is 37.9. The summed E-state index contributed by atoms with van der Waals surface area (Å²) >= 11 is 3.28. The van der Waals surface area contributed by atoms with Crippen LogP contribution in [0.5, 0.6) is 0 Å². The Labute approximate surface area is 110 Å². The largest absolute Gasteiger partial charge is 0.416 e. The minimum atomic E-state index is -4.33. The van der Waals surface area contributed by atoms with Gasteiger partial charge in [-0.2, -0.15) is 13.2 Å². The molecule has 18 heavy (non-hydrogen) atoms. The summed E-state index contributed by atoms with van der Waals surface area (Å²) in [5, 5.41) is 0. The van der Waals surface area contributed by atoms with E-state index in [4.69, 9.17) is 5.73 Å². The molecular weight excluding hydrogens is 309 g/mol. The van der Waals surface area contributed by atoms with Gasteiger partial charge in [0, 0.05) is 10.0 Å². The highest BCUT2D eigenvalue weighted by molar-refractivity contribution is 9.10. The van der Waals surface area contributed by atoms with Gasteiger partial charge in [0.1, 0.15) is 5.82 Å². The number of hydrogen-bond acceptors (Lipinski definition) is 2. The monoisotopic (exact) mass is 316 g/mol. The Kier molecular flexibility index (Phi) is 3.30. The van der Waals surface area contributed by atoms with Crippen LogP contribution in [0.3, 0.4) is 0 Å². The number of benzene rings is 1. The zero-order valence-electron chi connectivity index (χ0n) is 9.00. The number of aromatic nitrogens is 1. The van der Waals surface area contributed by atoms with Crippen LogP contribution in [-0.2, 0) is 6.18 Å². The standard InChI is InChI=1S/C12H8BrF3N2/c13-9-5-6-10(17)18-11(9)7-1-3-8(4-2-7)12(14,15)16/h1-6H,(H2,17,18). The van der Waals surface area contributed by atoms with Crippen molar-refractivity contribution in [3.63, 3.8) is 0 Å². The van der Waals surface area contributed by atoms with E-state index in [-0.39, 0.29) is 0 Å². The predicted molar refractivity (Wildman–Crippen MR) is 66.8 cm³/mol. The van der Waals surface area contributed by atoms with Crippen LogP contribution in [0.2, 0.25) is 0 Å². The molecule has 0 fully saturated rings. The van der Waals surface area contributed by atoms with Crippen LogP contribution < -0.4 is 5.73 Å². The number of alkyl halides is 3. The smallest absolute Gasteiger partial charge is 0.384 e. The Bertz CT molecular complexity index is 565. The summed E-state index contributed by atoms with van der Waals surface area (Å²) in [4.78, 5) is 4.08. The summed E-state index contributed by atoms with van der Waals surface area (Å²) in [5.74, 6) is 0.313. The van der Waals surface area contributed by atoms with Gasteiger partial charge in [-0.25, -0.2) is 4.98 Å². The lowest BCUT2D eigenvalue weighted by Gasteiger charge is -2.08. The molecule has 0 amide bonds. The number of pyridine rings is 1. The molecule has 0 aliphatic heterocycles. The molecule has 6 heteroatoms. The Hall–Kier alpha value is -1.56. The third kappa shape index (κ3) is 2.64. The Morgan fingerprint density at radius 1 is 1.00 bits per heavy atom. The lowest BCUT2D eigenvalue weighted by molar-refractivity contribution is -0.137. The van der Waals surface area contributed by atoms with Gasteiger partial charge in [0.15, 0.2) is 0 Å². The second-order valence-electron chi connectivity index (χ2n) is 3.64. The van der Waals surface area contributed by atoms with E-state index >= 15 is 0 Å². The first kappa shape index (κ1) is 12.9. The molecule has 2 nitrogen and oxygen atoms in total. The van der Waals surface area contributed by atoms with Crippen LogP contribution in [0.4, 0.5) is 19.0 Å². The van der Waals surface area contributed by atoms with Crippen LogP contribution in [0.15, 0.2) is 40.9 Å². The minimum Gasteiger partial charge on any atom is -0.384 e. The van der Waals surface area contributed by atoms with Gasteiger partial charge in [0.2, 0.25) is 0 Å². The van der Waals surface area contributed by atoms with Crippen molar-refractivity contribution in [2.75, 3.05) is 5.73 Å². The highest BCUT2D eigenvalue weighted by Crippen LogP contribution is 2.32. The fraction of sp³-hybridized carbons (Fsp3) is 0.0833. The van der Waals surface area contributed by atoms with E-state index in [0.29, 0.717) is 21.5 Å². The van der Waals surface area contributed by atoms with E-state index in [2.05, 4.69) is 20.9 Å². The van der Waals surface area contributed by atoms with Crippen molar-refractivity contribution in [2.45, 2.75) is 6.18 Å². The molecule has 0 radical (unpaired) electrons. The van der Waals surface area contributed by atoms with Gasteiger partial charge >= 0.3 is 6.18 Å². The van der Waals surface area contributed by atoms with Gasteiger partial charge in [-0.1, -0.05) is 12.1 Å². The van der Waals surface area contributed by atoms with Gasteiger partial charge in [-0.15, -0.1) is 0 Å². The summed E-state index contributed by atoms with van der Waals surface area (Å²) in [6.45, 7) is 0. The number of halogens is 4. The lowest BCUT2D eigenvalue weighted by atomic mass is 10.1. The van der Waals surface area contributed by atoms with E-state index in [1.807, 2.05) is 0 Å². The number of rotatable bonds is 1. The molecule has 2 rings (SSSR count). The van der Waals surface area contributed by atoms with Crippen molar-refractivity contribution in [1.82, 2.24) is 4.98 Å². The normalized spacial score (nSPS) is 11.6. The highest BCUT2D eigenvalue weighted by Gasteiger charge is 2.30. The molecule has 0 aliphatic rings. The molecule has 2 N–H and O–H groups in total. The van der Waals surface area contributed by atoms with E-state index in [0.717, 1.165) is 12.1 Å². The molecular formula is C12H8BrF3N2. The van der Waals surface area contributed by atoms with Crippen molar-refractivity contribution in [2.24, 2.45) is 0 Å². The first-order valence-electron chi connectivity index (χ1n) is 4.97. The summed E-state index contributed by atoms with van der Waals surface area (Å²) in [6.07, 6.45) is -4.33. The van der Waals surface area contributed by atoms with Gasteiger partial charge in [0.05, 0.1) is 11.3 Å². The molecule has 0 spiro atoms. The first-order chi connectivity index (χ1) is 8.38. The Morgan fingerprint density at radius 2 is 1.61 bits per heavy atom. The van der Waals surface area contributed by atoms with Crippen LogP contribution >= 0.6 is 15.9 Å². The zero-order valence-corrected chi connectivity index (χ0v) is 10.6. The molecule has 0 bridgehead atoms. The molecule has 1 aromatic carbocycles. The fourth-order valence-electron chi connectivity index (χ4n) is 1.48. The lowest BCUT2D eigenvalue weighted by Crippen LogP contribution is -2.04. The first-order valence-corrected chi connectivity index (χ1v) is 5.77. The van der Waals surface area contributed by atoms with E-state index in [1.54, 1.807) is 12.1 Å². The van der Waals surface area contributed by atoms with Crippen LogP contribution in [0, 0.1) is 0 Å². The van der Waals surface area contributed by atoms with Crippen molar-refractivity contribution in [1.29, 1.82) is 0 Å². The average Bonchev–Trinajstić information content (AvgIpc) is 2.31. The molecule has 0 unspecified atom stereocenters. The maximum atomic E-state index is 12.4. The van der Waals surface area contributed by atoms with Gasteiger partial charge in [0.25, 0.3) is 0 Å². The summed E-state index contributed by atoms with van der Waals surface area (Å²) in [6, 6.07) is 8.09. The molecule has 0 atom stereocenters. The number of anilines is 1. The molecule has 0 saturated carbocycles. The molecule has 1 heterocycles. The number of hydrogen-bond donors (Lipinski definition) is 1. The number of nitrogens with zero attached hydrogens (tertiary/aromatic N) is 1. The summed E-state index contributed by atoms with van der Waals surface area (Å²) in [5.41, 5.74) is 5.95. The maximum absolute atomic E-state index is 12.4.